The van der Waals surface area contributed by atoms with Crippen LogP contribution >= 0.6 is 0 Å². The van der Waals surface area contributed by atoms with Crippen molar-refractivity contribution in [2.45, 2.75) is 4.90 Å². The summed E-state index contributed by atoms with van der Waals surface area (Å²) in [6, 6.07) is 15.3. The Labute approximate surface area is 143 Å². The van der Waals surface area contributed by atoms with Gasteiger partial charge in [0.05, 0.1) is 12.0 Å². The summed E-state index contributed by atoms with van der Waals surface area (Å²) in [4.78, 5) is 11.9. The molecule has 1 unspecified atom stereocenters. The SMILES string of the molecule is COc1ccc(-c2ccc(S(=O)N3CC=C(C(N)=O)C3)cc2)cc1. The number of carbonyl (C=O) groups excluding carboxylic acids is 1. The Hall–Kier alpha value is -2.44. The molecule has 0 aromatic heterocycles. The lowest BCUT2D eigenvalue weighted by atomic mass is 10.1. The number of primary amides is 1. The van der Waals surface area contributed by atoms with Gasteiger partial charge >= 0.3 is 0 Å². The molecule has 1 amide bonds. The lowest BCUT2D eigenvalue weighted by molar-refractivity contribution is -0.114. The Balaban J connectivity index is 1.72. The van der Waals surface area contributed by atoms with Crippen molar-refractivity contribution < 1.29 is 13.7 Å². The van der Waals surface area contributed by atoms with E-state index >= 15 is 0 Å². The second-order valence-electron chi connectivity index (χ2n) is 5.42. The van der Waals surface area contributed by atoms with Crippen molar-refractivity contribution in [3.63, 3.8) is 0 Å². The molecule has 0 spiro atoms. The van der Waals surface area contributed by atoms with Gasteiger partial charge < -0.3 is 10.5 Å². The first-order chi connectivity index (χ1) is 11.6. The Morgan fingerprint density at radius 1 is 1.08 bits per heavy atom. The highest BCUT2D eigenvalue weighted by Gasteiger charge is 2.23. The molecular weight excluding hydrogens is 324 g/mol. The third-order valence-corrected chi connectivity index (χ3v) is 5.34. The van der Waals surface area contributed by atoms with Gasteiger partial charge in [0.25, 0.3) is 0 Å². The molecule has 2 aromatic carbocycles. The molecular formula is C18H18N2O3S. The zero-order valence-corrected chi connectivity index (χ0v) is 14.1. The van der Waals surface area contributed by atoms with Gasteiger partial charge in [0.15, 0.2) is 0 Å². The van der Waals surface area contributed by atoms with Crippen LogP contribution in [0.15, 0.2) is 65.1 Å². The lowest BCUT2D eigenvalue weighted by Crippen LogP contribution is -2.26. The van der Waals surface area contributed by atoms with Crippen LogP contribution in [0, 0.1) is 0 Å². The molecule has 5 nitrogen and oxygen atoms in total. The molecule has 0 saturated carbocycles. The predicted octanol–water partition coefficient (Wildman–Crippen LogP) is 2.11. The Kier molecular flexibility index (Phi) is 4.78. The number of hydrogen-bond donors (Lipinski definition) is 1. The molecule has 1 heterocycles. The first-order valence-electron chi connectivity index (χ1n) is 7.48. The van der Waals surface area contributed by atoms with E-state index in [4.69, 9.17) is 10.5 Å². The van der Waals surface area contributed by atoms with Crippen LogP contribution in [0.3, 0.4) is 0 Å². The second-order valence-corrected chi connectivity index (χ2v) is 6.90. The van der Waals surface area contributed by atoms with E-state index < -0.39 is 16.9 Å². The molecule has 0 radical (unpaired) electrons. The van der Waals surface area contributed by atoms with Crippen LogP contribution in [0.4, 0.5) is 0 Å². The maximum atomic E-state index is 12.6. The summed E-state index contributed by atoms with van der Waals surface area (Å²) < 4.78 is 19.4. The smallest absolute Gasteiger partial charge is 0.245 e. The standard InChI is InChI=1S/C18H18N2O3S/c1-23-16-6-2-13(3-7-16)14-4-8-17(9-5-14)24(22)20-11-10-15(12-20)18(19)21/h2-10H,11-12H2,1H3,(H2,19,21). The Morgan fingerprint density at radius 3 is 2.17 bits per heavy atom. The number of hydrogen-bond acceptors (Lipinski definition) is 3. The van der Waals surface area contributed by atoms with E-state index in [1.54, 1.807) is 17.5 Å². The van der Waals surface area contributed by atoms with Crippen molar-refractivity contribution in [3.8, 4) is 16.9 Å². The van der Waals surface area contributed by atoms with Gasteiger partial charge in [-0.15, -0.1) is 0 Å². The largest absolute Gasteiger partial charge is 0.497 e. The molecule has 0 saturated heterocycles. The first kappa shape index (κ1) is 16.4. The molecule has 124 valence electrons. The molecule has 0 fully saturated rings. The van der Waals surface area contributed by atoms with Crippen LogP contribution in [0.2, 0.25) is 0 Å². The number of nitrogens with zero attached hydrogens (tertiary/aromatic N) is 1. The number of benzene rings is 2. The van der Waals surface area contributed by atoms with Crippen LogP contribution in [0.1, 0.15) is 0 Å². The maximum absolute atomic E-state index is 12.6. The van der Waals surface area contributed by atoms with Crippen molar-refractivity contribution in [1.29, 1.82) is 0 Å². The van der Waals surface area contributed by atoms with Crippen molar-refractivity contribution in [3.05, 3.63) is 60.2 Å². The summed E-state index contributed by atoms with van der Waals surface area (Å²) in [6.45, 7) is 0.785. The molecule has 1 atom stereocenters. The van der Waals surface area contributed by atoms with Crippen LogP contribution in [-0.2, 0) is 15.8 Å². The fourth-order valence-corrected chi connectivity index (χ4v) is 3.67. The summed E-state index contributed by atoms with van der Waals surface area (Å²) in [5.41, 5.74) is 7.87. The Bertz CT molecular complexity index is 798. The minimum atomic E-state index is -1.31. The highest BCUT2D eigenvalue weighted by molar-refractivity contribution is 7.82. The van der Waals surface area contributed by atoms with E-state index in [9.17, 15) is 9.00 Å². The molecule has 6 heteroatoms. The van der Waals surface area contributed by atoms with E-state index in [1.165, 1.54) is 0 Å². The van der Waals surface area contributed by atoms with E-state index in [-0.39, 0.29) is 0 Å². The summed E-state index contributed by atoms with van der Waals surface area (Å²) in [6.07, 6.45) is 1.73. The zero-order valence-electron chi connectivity index (χ0n) is 13.3. The van der Waals surface area contributed by atoms with Gasteiger partial charge in [-0.05, 0) is 35.4 Å². The third kappa shape index (κ3) is 3.39. The number of rotatable bonds is 5. The van der Waals surface area contributed by atoms with Gasteiger partial charge in [-0.1, -0.05) is 30.3 Å². The minimum Gasteiger partial charge on any atom is -0.497 e. The number of nitrogens with two attached hydrogens (primary N) is 1. The summed E-state index contributed by atoms with van der Waals surface area (Å²) >= 11 is 0. The monoisotopic (exact) mass is 342 g/mol. The molecule has 2 N–H and O–H groups in total. The van der Waals surface area contributed by atoms with E-state index in [1.807, 2.05) is 48.5 Å². The fraction of sp³-hybridized carbons (Fsp3) is 0.167. The lowest BCUT2D eigenvalue weighted by Gasteiger charge is -2.14. The normalized spacial score (nSPS) is 15.8. The molecule has 2 aromatic rings. The number of ether oxygens (including phenoxy) is 1. The van der Waals surface area contributed by atoms with Gasteiger partial charge in [0.2, 0.25) is 5.91 Å². The molecule has 24 heavy (non-hydrogen) atoms. The van der Waals surface area contributed by atoms with Crippen molar-refractivity contribution in [1.82, 2.24) is 4.31 Å². The van der Waals surface area contributed by atoms with Crippen molar-refractivity contribution in [2.24, 2.45) is 5.73 Å². The van der Waals surface area contributed by atoms with Gasteiger partial charge in [-0.25, -0.2) is 8.51 Å². The highest BCUT2D eigenvalue weighted by atomic mass is 32.2. The van der Waals surface area contributed by atoms with Crippen molar-refractivity contribution in [2.75, 3.05) is 20.2 Å². The molecule has 1 aliphatic heterocycles. The number of methoxy groups -OCH3 is 1. The molecule has 1 aliphatic rings. The average molecular weight is 342 g/mol. The maximum Gasteiger partial charge on any atom is 0.245 e. The van der Waals surface area contributed by atoms with Gasteiger partial charge in [0, 0.05) is 18.7 Å². The average Bonchev–Trinajstić information content (AvgIpc) is 3.12. The predicted molar refractivity (Wildman–Crippen MR) is 93.7 cm³/mol. The topological polar surface area (TPSA) is 72.6 Å². The van der Waals surface area contributed by atoms with Gasteiger partial charge in [-0.2, -0.15) is 0 Å². The molecule has 0 aliphatic carbocycles. The van der Waals surface area contributed by atoms with E-state index in [0.29, 0.717) is 23.6 Å². The van der Waals surface area contributed by atoms with Crippen LogP contribution in [-0.4, -0.2) is 34.6 Å². The minimum absolute atomic E-state index is 0.322. The quantitative estimate of drug-likeness (QED) is 0.904. The van der Waals surface area contributed by atoms with Crippen molar-refractivity contribution >= 4 is 16.9 Å². The van der Waals surface area contributed by atoms with Gasteiger partial charge in [-0.3, -0.25) is 4.79 Å². The summed E-state index contributed by atoms with van der Waals surface area (Å²) in [5, 5.41) is 0. The fourth-order valence-electron chi connectivity index (χ4n) is 2.53. The zero-order chi connectivity index (χ0) is 17.1. The summed E-state index contributed by atoms with van der Waals surface area (Å²) in [7, 11) is 0.323. The summed E-state index contributed by atoms with van der Waals surface area (Å²) in [5.74, 6) is 0.354. The van der Waals surface area contributed by atoms with E-state index in [0.717, 1.165) is 16.9 Å². The second kappa shape index (κ2) is 6.98. The number of amides is 1. The first-order valence-corrected chi connectivity index (χ1v) is 8.59. The van der Waals surface area contributed by atoms with Crippen LogP contribution < -0.4 is 10.5 Å². The van der Waals surface area contributed by atoms with E-state index in [2.05, 4.69) is 0 Å². The Morgan fingerprint density at radius 2 is 1.67 bits per heavy atom. The molecule has 0 bridgehead atoms. The highest BCUT2D eigenvalue weighted by Crippen LogP contribution is 2.24. The number of carbonyl (C=O) groups is 1. The third-order valence-electron chi connectivity index (χ3n) is 3.92. The van der Waals surface area contributed by atoms with Crippen LogP contribution in [0.25, 0.3) is 11.1 Å². The van der Waals surface area contributed by atoms with Gasteiger partial charge in [0.1, 0.15) is 16.7 Å². The van der Waals surface area contributed by atoms with Crippen LogP contribution in [0.5, 0.6) is 5.75 Å². The molecule has 3 rings (SSSR count).